The molecule has 3 saturated heterocycles. The first kappa shape index (κ1) is 31.5. The van der Waals surface area contributed by atoms with Crippen molar-refractivity contribution >= 4 is 34.1 Å². The molecule has 3 N–H and O–H groups in total. The fraction of sp³-hybridized carbons (Fsp3) is 0.333. The predicted octanol–water partition coefficient (Wildman–Crippen LogP) is 2.88. The van der Waals surface area contributed by atoms with E-state index in [2.05, 4.69) is 24.7 Å². The number of rotatable bonds is 8. The van der Waals surface area contributed by atoms with E-state index in [9.17, 15) is 14.7 Å². The molecule has 234 valence electrons. The minimum absolute atomic E-state index is 0. The highest BCUT2D eigenvalue weighted by molar-refractivity contribution is 5.95. The van der Waals surface area contributed by atoms with Crippen LogP contribution in [-0.2, 0) is 27.3 Å². The summed E-state index contributed by atoms with van der Waals surface area (Å²) in [6.07, 6.45) is 2.42. The number of hydrogen-bond donors (Lipinski definition) is 3. The number of hydrogen-bond acceptors (Lipinski definition) is 5. The van der Waals surface area contributed by atoms with Crippen LogP contribution in [0.15, 0.2) is 84.9 Å². The first-order valence-corrected chi connectivity index (χ1v) is 15.4. The number of aryl methyl sites for hydroxylation is 1. The summed E-state index contributed by atoms with van der Waals surface area (Å²) >= 11 is 0. The number of morpholine rings is 1. The average molecular weight is 720 g/mol. The quantitative estimate of drug-likeness (QED) is 0.148. The van der Waals surface area contributed by atoms with Crippen molar-refractivity contribution in [2.75, 3.05) is 24.7 Å². The van der Waals surface area contributed by atoms with Crippen molar-refractivity contribution in [1.29, 1.82) is 0 Å². The number of carbonyl (C=O) groups is 2. The fourth-order valence-corrected chi connectivity index (χ4v) is 7.26. The predicted molar refractivity (Wildman–Crippen MR) is 170 cm³/mol. The first-order chi connectivity index (χ1) is 21.3. The summed E-state index contributed by atoms with van der Waals surface area (Å²) in [5.41, 5.74) is 5.07. The Morgan fingerprint density at radius 1 is 0.867 bits per heavy atom. The number of benzene rings is 4. The smallest absolute Gasteiger partial charge is 0.411 e. The maximum Gasteiger partial charge on any atom is 0.411 e. The first-order valence-electron chi connectivity index (χ1n) is 15.4. The number of quaternary nitrogens is 1. The third-order valence-electron chi connectivity index (χ3n) is 9.73. The zero-order valence-electron chi connectivity index (χ0n) is 25.4. The SMILES string of the molecule is C[N+]1(C)[C@@H]2C[C@@H](OC(=O)Nc3cc(CCC(=O)Nc4ccc5cc(CO)ccc5c4)ccc3-c3ccccc3)C[C@H]1[C@@H]1O[C@@H]12.[I-]. The van der Waals surface area contributed by atoms with Crippen LogP contribution in [0.25, 0.3) is 21.9 Å². The van der Waals surface area contributed by atoms with Crippen molar-refractivity contribution in [2.45, 2.75) is 62.7 Å². The van der Waals surface area contributed by atoms with Crippen molar-refractivity contribution in [2.24, 2.45) is 0 Å². The number of piperidine rings is 1. The number of carbonyl (C=O) groups excluding carboxylic acids is 2. The van der Waals surface area contributed by atoms with E-state index in [4.69, 9.17) is 9.47 Å². The van der Waals surface area contributed by atoms with Gasteiger partial charge in [-0.25, -0.2) is 4.79 Å². The van der Waals surface area contributed by atoms with Gasteiger partial charge in [-0.05, 0) is 58.1 Å². The third-order valence-corrected chi connectivity index (χ3v) is 9.73. The molecule has 45 heavy (non-hydrogen) atoms. The molecule has 2 bridgehead atoms. The number of likely N-dealkylation sites (N-methyl/N-ethyl adjacent to an activating group) is 1. The van der Waals surface area contributed by atoms with Crippen molar-refractivity contribution in [3.63, 3.8) is 0 Å². The molecule has 2 amide bonds. The Balaban J connectivity index is 0.00000357. The molecule has 0 saturated carbocycles. The van der Waals surface area contributed by atoms with Crippen molar-refractivity contribution < 1.29 is 52.6 Å². The van der Waals surface area contributed by atoms with Gasteiger partial charge in [0.15, 0.2) is 0 Å². The zero-order chi connectivity index (χ0) is 30.4. The highest BCUT2D eigenvalue weighted by atomic mass is 127. The summed E-state index contributed by atoms with van der Waals surface area (Å²) in [4.78, 5) is 26.1. The molecular formula is C36H38IN3O5. The van der Waals surface area contributed by atoms with Crippen LogP contribution in [0.2, 0.25) is 0 Å². The molecule has 0 aliphatic carbocycles. The van der Waals surface area contributed by atoms with Gasteiger partial charge in [-0.1, -0.05) is 60.7 Å². The van der Waals surface area contributed by atoms with Crippen LogP contribution < -0.4 is 34.6 Å². The third kappa shape index (κ3) is 6.44. The topological polar surface area (TPSA) is 100 Å². The molecule has 3 fully saturated rings. The van der Waals surface area contributed by atoms with Gasteiger partial charge in [-0.2, -0.15) is 0 Å². The monoisotopic (exact) mass is 719 g/mol. The van der Waals surface area contributed by atoms with E-state index >= 15 is 0 Å². The van der Waals surface area contributed by atoms with Crippen LogP contribution >= 0.6 is 0 Å². The maximum atomic E-state index is 13.2. The largest absolute Gasteiger partial charge is 1.00 e. The molecule has 0 radical (unpaired) electrons. The Bertz CT molecular complexity index is 1710. The van der Waals surface area contributed by atoms with Gasteiger partial charge in [0.05, 0.1) is 26.4 Å². The highest BCUT2D eigenvalue weighted by Crippen LogP contribution is 2.51. The Kier molecular flexibility index (Phi) is 8.89. The molecule has 9 heteroatoms. The van der Waals surface area contributed by atoms with Gasteiger partial charge in [0.25, 0.3) is 0 Å². The number of amides is 2. The lowest BCUT2D eigenvalue weighted by atomic mass is 9.96. The molecule has 7 rings (SSSR count). The van der Waals surface area contributed by atoms with Crippen molar-refractivity contribution in [3.8, 4) is 11.1 Å². The number of aliphatic hydroxyl groups is 1. The minimum Gasteiger partial charge on any atom is -1.00 e. The van der Waals surface area contributed by atoms with Gasteiger partial charge in [0.1, 0.15) is 30.4 Å². The second-order valence-electron chi connectivity index (χ2n) is 12.8. The Morgan fingerprint density at radius 2 is 1.56 bits per heavy atom. The standard InChI is InChI=1S/C36H37N3O5.HI/c1-39(2)31-19-28(20-32(39)35-34(31)44-35)43-36(42)38-30-17-22(9-14-29(30)24-6-4-3-5-7-24)10-15-33(41)37-27-13-12-25-16-23(21-40)8-11-26(25)18-27;/h3-9,11-14,16-18,28,31-32,34-35,40H,10,15,19-21H2,1-2H3,(H-,37,38,41,42);1H/t28-,31-,32+,34-,35+;. The molecule has 4 aromatic carbocycles. The van der Waals surface area contributed by atoms with Crippen LogP contribution in [0, 0.1) is 0 Å². The summed E-state index contributed by atoms with van der Waals surface area (Å²) in [5, 5.41) is 17.4. The number of epoxide rings is 1. The number of halogens is 1. The summed E-state index contributed by atoms with van der Waals surface area (Å²) in [6.45, 7) is -0.00491. The molecule has 0 aromatic heterocycles. The van der Waals surface area contributed by atoms with E-state index in [-0.39, 0.29) is 42.6 Å². The van der Waals surface area contributed by atoms with Crippen LogP contribution in [0.4, 0.5) is 16.2 Å². The van der Waals surface area contributed by atoms with Gasteiger partial charge in [0.2, 0.25) is 5.91 Å². The Labute approximate surface area is 280 Å². The van der Waals surface area contributed by atoms with Crippen molar-refractivity contribution in [1.82, 2.24) is 0 Å². The van der Waals surface area contributed by atoms with Gasteiger partial charge >= 0.3 is 6.09 Å². The average Bonchev–Trinajstić information content (AvgIpc) is 3.79. The molecule has 0 spiro atoms. The summed E-state index contributed by atoms with van der Waals surface area (Å²) in [5.74, 6) is -0.0901. The number of fused-ring (bicyclic) bond motifs is 6. The second kappa shape index (κ2) is 12.7. The number of ether oxygens (including phenoxy) is 2. The van der Waals surface area contributed by atoms with Crippen molar-refractivity contribution in [3.05, 3.63) is 96.1 Å². The lowest BCUT2D eigenvalue weighted by molar-refractivity contribution is -0.938. The van der Waals surface area contributed by atoms with Gasteiger partial charge in [0, 0.05) is 30.5 Å². The van der Waals surface area contributed by atoms with Crippen LogP contribution in [0.1, 0.15) is 30.4 Å². The van der Waals surface area contributed by atoms with Crippen LogP contribution in [0.5, 0.6) is 0 Å². The van der Waals surface area contributed by atoms with E-state index in [1.54, 1.807) is 0 Å². The fourth-order valence-electron chi connectivity index (χ4n) is 7.26. The number of anilines is 2. The molecule has 8 nitrogen and oxygen atoms in total. The molecule has 5 atom stereocenters. The number of aliphatic hydroxyl groups excluding tert-OH is 1. The Morgan fingerprint density at radius 3 is 2.29 bits per heavy atom. The lowest BCUT2D eigenvalue weighted by Gasteiger charge is -2.45. The van der Waals surface area contributed by atoms with Gasteiger partial charge < -0.3 is 48.4 Å². The molecule has 0 unspecified atom stereocenters. The number of nitrogens with one attached hydrogen (secondary N) is 2. The number of nitrogens with zero attached hydrogens (tertiary/aromatic N) is 1. The molecule has 3 aliphatic heterocycles. The van der Waals surface area contributed by atoms with E-state index in [1.165, 1.54) is 0 Å². The molecule has 3 aliphatic rings. The van der Waals surface area contributed by atoms with Crippen LogP contribution in [-0.4, -0.2) is 66.1 Å². The van der Waals surface area contributed by atoms with E-state index in [0.29, 0.717) is 42.8 Å². The Hall–Kier alpha value is -3.51. The van der Waals surface area contributed by atoms with E-state index in [1.807, 2.05) is 84.9 Å². The zero-order valence-corrected chi connectivity index (χ0v) is 27.6. The van der Waals surface area contributed by atoms with Crippen LogP contribution in [0.3, 0.4) is 0 Å². The second-order valence-corrected chi connectivity index (χ2v) is 12.8. The summed E-state index contributed by atoms with van der Waals surface area (Å²) < 4.78 is 12.8. The van der Waals surface area contributed by atoms with E-state index < -0.39 is 6.09 Å². The van der Waals surface area contributed by atoms with E-state index in [0.717, 1.165) is 56.0 Å². The molecule has 4 aromatic rings. The normalized spacial score (nSPS) is 23.8. The van der Waals surface area contributed by atoms with Gasteiger partial charge in [-0.3, -0.25) is 10.1 Å². The lowest BCUT2D eigenvalue weighted by Crippen LogP contribution is -3.00. The summed E-state index contributed by atoms with van der Waals surface area (Å²) in [7, 11) is 4.52. The minimum atomic E-state index is -0.453. The highest BCUT2D eigenvalue weighted by Gasteiger charge is 2.70. The van der Waals surface area contributed by atoms with Gasteiger partial charge in [-0.15, -0.1) is 0 Å². The maximum absolute atomic E-state index is 13.2. The molecular weight excluding hydrogens is 681 g/mol. The summed E-state index contributed by atoms with van der Waals surface area (Å²) in [6, 6.07) is 28.1. The molecule has 3 heterocycles.